The topological polar surface area (TPSA) is 86.8 Å². The summed E-state index contributed by atoms with van der Waals surface area (Å²) in [5, 5.41) is 4.29. The van der Waals surface area contributed by atoms with Gasteiger partial charge in [-0.05, 0) is 80.3 Å². The number of rotatable bonds is 11. The minimum Gasteiger partial charge on any atom is -0.352 e. The molecule has 0 aliphatic heterocycles. The summed E-state index contributed by atoms with van der Waals surface area (Å²) >= 11 is 18.7. The molecule has 3 aromatic carbocycles. The molecular formula is C31H34Cl3N3O4S. The molecule has 1 N–H and O–H groups in total. The monoisotopic (exact) mass is 649 g/mol. The van der Waals surface area contributed by atoms with Crippen LogP contribution in [0.15, 0.2) is 71.6 Å². The molecule has 0 aromatic heterocycles. The molecule has 42 heavy (non-hydrogen) atoms. The lowest BCUT2D eigenvalue weighted by Crippen LogP contribution is -2.53. The van der Waals surface area contributed by atoms with Crippen LogP contribution < -0.4 is 9.62 Å². The lowest BCUT2D eigenvalue weighted by atomic mass is 10.1. The summed E-state index contributed by atoms with van der Waals surface area (Å²) in [6.45, 7) is 3.13. The van der Waals surface area contributed by atoms with Gasteiger partial charge < -0.3 is 10.2 Å². The van der Waals surface area contributed by atoms with Gasteiger partial charge in [0.15, 0.2) is 0 Å². The van der Waals surface area contributed by atoms with E-state index in [2.05, 4.69) is 5.32 Å². The maximum atomic E-state index is 14.2. The highest BCUT2D eigenvalue weighted by Crippen LogP contribution is 2.28. The standard InChI is InChI=1S/C31H34Cl3N3O4S/c1-3-29(31(39)35-25-6-4-5-7-25)36(19-22-10-11-24(33)18-28(22)34)30(38)20-37(26-14-12-23(32)13-15-26)42(40,41)27-16-8-21(2)9-17-27/h8-18,25,29H,3-7,19-20H2,1-2H3,(H,35,39). The molecule has 3 aromatic rings. The molecule has 7 nitrogen and oxygen atoms in total. The first kappa shape index (κ1) is 32.1. The molecule has 1 atom stereocenters. The van der Waals surface area contributed by atoms with Gasteiger partial charge in [-0.2, -0.15) is 0 Å². The third-order valence-corrected chi connectivity index (χ3v) is 10.1. The molecule has 0 spiro atoms. The van der Waals surface area contributed by atoms with E-state index in [9.17, 15) is 18.0 Å². The summed E-state index contributed by atoms with van der Waals surface area (Å²) in [6.07, 6.45) is 4.17. The van der Waals surface area contributed by atoms with Crippen molar-refractivity contribution in [2.24, 2.45) is 0 Å². The molecule has 0 radical (unpaired) electrons. The number of hydrogen-bond donors (Lipinski definition) is 1. The van der Waals surface area contributed by atoms with Gasteiger partial charge in [0, 0.05) is 27.7 Å². The molecule has 1 unspecified atom stereocenters. The number of hydrogen-bond acceptors (Lipinski definition) is 4. The molecule has 1 aliphatic carbocycles. The summed E-state index contributed by atoms with van der Waals surface area (Å²) in [6, 6.07) is 16.8. The molecule has 0 saturated heterocycles. The Morgan fingerprint density at radius 1 is 0.929 bits per heavy atom. The smallest absolute Gasteiger partial charge is 0.264 e. The summed E-state index contributed by atoms with van der Waals surface area (Å²) in [4.78, 5) is 29.2. The number of carbonyl (C=O) groups excluding carboxylic acids is 2. The highest BCUT2D eigenvalue weighted by Gasteiger charge is 2.34. The van der Waals surface area contributed by atoms with Crippen LogP contribution in [0, 0.1) is 6.92 Å². The van der Waals surface area contributed by atoms with Gasteiger partial charge >= 0.3 is 0 Å². The highest BCUT2D eigenvalue weighted by molar-refractivity contribution is 7.92. The van der Waals surface area contributed by atoms with Crippen LogP contribution in [-0.2, 0) is 26.2 Å². The fourth-order valence-electron chi connectivity index (χ4n) is 5.09. The molecule has 0 heterocycles. The second kappa shape index (κ2) is 14.1. The van der Waals surface area contributed by atoms with Gasteiger partial charge in [-0.15, -0.1) is 0 Å². The summed E-state index contributed by atoms with van der Waals surface area (Å²) in [7, 11) is -4.17. The fourth-order valence-corrected chi connectivity index (χ4v) is 7.10. The van der Waals surface area contributed by atoms with E-state index in [1.165, 1.54) is 17.0 Å². The molecule has 1 aliphatic rings. The average molecular weight is 651 g/mol. The van der Waals surface area contributed by atoms with Crippen LogP contribution in [0.1, 0.15) is 50.2 Å². The zero-order chi connectivity index (χ0) is 30.4. The normalized spacial score (nSPS) is 14.4. The quantitative estimate of drug-likeness (QED) is 0.242. The molecular weight excluding hydrogens is 617 g/mol. The van der Waals surface area contributed by atoms with Crippen molar-refractivity contribution in [2.75, 3.05) is 10.8 Å². The Bertz CT molecular complexity index is 1510. The van der Waals surface area contributed by atoms with Crippen molar-refractivity contribution in [1.29, 1.82) is 0 Å². The largest absolute Gasteiger partial charge is 0.352 e. The first-order chi connectivity index (χ1) is 20.0. The van der Waals surface area contributed by atoms with Gasteiger partial charge in [0.05, 0.1) is 10.6 Å². The molecule has 1 saturated carbocycles. The van der Waals surface area contributed by atoms with E-state index in [1.807, 2.05) is 13.8 Å². The number of nitrogens with zero attached hydrogens (tertiary/aromatic N) is 2. The summed E-state index contributed by atoms with van der Waals surface area (Å²) in [5.41, 5.74) is 1.75. The highest BCUT2D eigenvalue weighted by atomic mass is 35.5. The Morgan fingerprint density at radius 3 is 2.14 bits per heavy atom. The van der Waals surface area contributed by atoms with Crippen molar-refractivity contribution in [2.45, 2.75) is 69.5 Å². The van der Waals surface area contributed by atoms with Gasteiger partial charge in [0.25, 0.3) is 10.0 Å². The van der Waals surface area contributed by atoms with Gasteiger partial charge in [0.2, 0.25) is 11.8 Å². The van der Waals surface area contributed by atoms with E-state index in [0.717, 1.165) is 35.6 Å². The second-order valence-electron chi connectivity index (χ2n) is 10.5. The van der Waals surface area contributed by atoms with E-state index in [4.69, 9.17) is 34.8 Å². The Balaban J connectivity index is 1.73. The third-order valence-electron chi connectivity index (χ3n) is 7.45. The maximum absolute atomic E-state index is 14.2. The number of halogens is 3. The van der Waals surface area contributed by atoms with Crippen molar-refractivity contribution in [3.63, 3.8) is 0 Å². The lowest BCUT2D eigenvalue weighted by Gasteiger charge is -2.34. The Morgan fingerprint density at radius 2 is 1.55 bits per heavy atom. The van der Waals surface area contributed by atoms with Crippen LogP contribution in [0.4, 0.5) is 5.69 Å². The number of nitrogens with one attached hydrogen (secondary N) is 1. The number of aryl methyl sites for hydroxylation is 1. The van der Waals surface area contributed by atoms with Crippen LogP contribution in [0.3, 0.4) is 0 Å². The van der Waals surface area contributed by atoms with Crippen molar-refractivity contribution in [1.82, 2.24) is 10.2 Å². The number of amides is 2. The predicted molar refractivity (Wildman–Crippen MR) is 169 cm³/mol. The SMILES string of the molecule is CCC(C(=O)NC1CCCC1)N(Cc1ccc(Cl)cc1Cl)C(=O)CN(c1ccc(Cl)cc1)S(=O)(=O)c1ccc(C)cc1. The Labute approximate surface area is 262 Å². The van der Waals surface area contributed by atoms with E-state index in [1.54, 1.807) is 54.6 Å². The molecule has 2 amide bonds. The Hall–Kier alpha value is -2.78. The van der Waals surface area contributed by atoms with Crippen molar-refractivity contribution < 1.29 is 18.0 Å². The lowest BCUT2D eigenvalue weighted by molar-refractivity contribution is -0.140. The fraction of sp³-hybridized carbons (Fsp3) is 0.355. The van der Waals surface area contributed by atoms with Crippen molar-refractivity contribution in [3.05, 3.63) is 92.9 Å². The third kappa shape index (κ3) is 7.78. The van der Waals surface area contributed by atoms with Crippen LogP contribution >= 0.6 is 34.8 Å². The summed E-state index contributed by atoms with van der Waals surface area (Å²) in [5.74, 6) is -0.831. The number of carbonyl (C=O) groups is 2. The van der Waals surface area contributed by atoms with E-state index < -0.39 is 28.5 Å². The Kier molecular flexibility index (Phi) is 10.8. The maximum Gasteiger partial charge on any atom is 0.264 e. The van der Waals surface area contributed by atoms with Crippen LogP contribution in [0.2, 0.25) is 15.1 Å². The zero-order valence-electron chi connectivity index (χ0n) is 23.5. The molecule has 0 bridgehead atoms. The average Bonchev–Trinajstić information content (AvgIpc) is 3.46. The molecule has 4 rings (SSSR count). The van der Waals surface area contributed by atoms with Gasteiger partial charge in [-0.1, -0.05) is 78.3 Å². The number of benzene rings is 3. The zero-order valence-corrected chi connectivity index (χ0v) is 26.6. The minimum absolute atomic E-state index is 0.00946. The van der Waals surface area contributed by atoms with E-state index >= 15 is 0 Å². The van der Waals surface area contributed by atoms with E-state index in [0.29, 0.717) is 27.1 Å². The number of sulfonamides is 1. The minimum atomic E-state index is -4.17. The van der Waals surface area contributed by atoms with Gasteiger partial charge in [0.1, 0.15) is 12.6 Å². The van der Waals surface area contributed by atoms with Crippen LogP contribution in [-0.4, -0.2) is 43.8 Å². The van der Waals surface area contributed by atoms with Crippen LogP contribution in [0.25, 0.3) is 0 Å². The van der Waals surface area contributed by atoms with Gasteiger partial charge in [-0.3, -0.25) is 13.9 Å². The van der Waals surface area contributed by atoms with E-state index in [-0.39, 0.29) is 29.1 Å². The van der Waals surface area contributed by atoms with Crippen LogP contribution in [0.5, 0.6) is 0 Å². The summed E-state index contributed by atoms with van der Waals surface area (Å²) < 4.78 is 28.9. The second-order valence-corrected chi connectivity index (χ2v) is 13.6. The molecule has 1 fully saturated rings. The van der Waals surface area contributed by atoms with Crippen molar-refractivity contribution in [3.8, 4) is 0 Å². The molecule has 11 heteroatoms. The molecule has 224 valence electrons. The first-order valence-corrected chi connectivity index (χ1v) is 16.5. The predicted octanol–water partition coefficient (Wildman–Crippen LogP) is 7.02. The number of anilines is 1. The first-order valence-electron chi connectivity index (χ1n) is 13.9. The van der Waals surface area contributed by atoms with Crippen molar-refractivity contribution >= 4 is 62.3 Å². The van der Waals surface area contributed by atoms with Gasteiger partial charge in [-0.25, -0.2) is 8.42 Å².